The van der Waals surface area contributed by atoms with Gasteiger partial charge in [-0.15, -0.1) is 0 Å². The average molecular weight is 231 g/mol. The molecule has 3 N–H and O–H groups in total. The van der Waals surface area contributed by atoms with E-state index < -0.39 is 23.5 Å². The standard InChI is InChI=1S/C10H11F2NO3/c1-16-8-3-5(11)2-6(9(8)12)7(4-13)10(14)15/h2-3,7H,4,13H2,1H3,(H,14,15). The smallest absolute Gasteiger partial charge is 0.312 e. The first kappa shape index (κ1) is 12.4. The maximum atomic E-state index is 13.6. The molecule has 1 rings (SSSR count). The quantitative estimate of drug-likeness (QED) is 0.813. The van der Waals surface area contributed by atoms with Gasteiger partial charge in [-0.05, 0) is 6.07 Å². The van der Waals surface area contributed by atoms with E-state index in [1.807, 2.05) is 0 Å². The number of carbonyl (C=O) groups is 1. The van der Waals surface area contributed by atoms with E-state index in [9.17, 15) is 13.6 Å². The van der Waals surface area contributed by atoms with Crippen molar-refractivity contribution in [1.82, 2.24) is 0 Å². The Morgan fingerprint density at radius 3 is 2.62 bits per heavy atom. The molecule has 0 bridgehead atoms. The highest BCUT2D eigenvalue weighted by Gasteiger charge is 2.24. The summed E-state index contributed by atoms with van der Waals surface area (Å²) in [6.45, 7) is -0.321. The highest BCUT2D eigenvalue weighted by Crippen LogP contribution is 2.27. The molecule has 0 aliphatic carbocycles. The van der Waals surface area contributed by atoms with Gasteiger partial charge in [0.15, 0.2) is 11.6 Å². The zero-order chi connectivity index (χ0) is 12.3. The average Bonchev–Trinajstić information content (AvgIpc) is 2.23. The lowest BCUT2D eigenvalue weighted by molar-refractivity contribution is -0.138. The summed E-state index contributed by atoms with van der Waals surface area (Å²) in [4.78, 5) is 10.8. The Kier molecular flexibility index (Phi) is 3.78. The Labute approximate surface area is 90.6 Å². The van der Waals surface area contributed by atoms with Crippen LogP contribution in [0.1, 0.15) is 11.5 Å². The van der Waals surface area contributed by atoms with Crippen molar-refractivity contribution in [3.63, 3.8) is 0 Å². The van der Waals surface area contributed by atoms with Crippen molar-refractivity contribution >= 4 is 5.97 Å². The zero-order valence-corrected chi connectivity index (χ0v) is 8.54. The second kappa shape index (κ2) is 4.89. The lowest BCUT2D eigenvalue weighted by Crippen LogP contribution is -2.22. The van der Waals surface area contributed by atoms with Gasteiger partial charge in [0, 0.05) is 18.2 Å². The van der Waals surface area contributed by atoms with E-state index >= 15 is 0 Å². The molecule has 0 radical (unpaired) electrons. The number of carboxylic acid groups (broad SMARTS) is 1. The lowest BCUT2D eigenvalue weighted by atomic mass is 9.98. The van der Waals surface area contributed by atoms with Crippen LogP contribution in [0.15, 0.2) is 12.1 Å². The van der Waals surface area contributed by atoms with Gasteiger partial charge >= 0.3 is 5.97 Å². The molecular weight excluding hydrogens is 220 g/mol. The maximum Gasteiger partial charge on any atom is 0.312 e. The van der Waals surface area contributed by atoms with Crippen LogP contribution in [-0.2, 0) is 4.79 Å². The van der Waals surface area contributed by atoms with Crippen LogP contribution >= 0.6 is 0 Å². The van der Waals surface area contributed by atoms with Crippen molar-refractivity contribution in [3.8, 4) is 5.75 Å². The molecule has 1 atom stereocenters. The highest BCUT2D eigenvalue weighted by molar-refractivity contribution is 5.76. The maximum absolute atomic E-state index is 13.6. The summed E-state index contributed by atoms with van der Waals surface area (Å²) in [5.74, 6) is -4.61. The van der Waals surface area contributed by atoms with Gasteiger partial charge < -0.3 is 15.6 Å². The van der Waals surface area contributed by atoms with E-state index in [1.165, 1.54) is 7.11 Å². The fourth-order valence-electron chi connectivity index (χ4n) is 1.35. The molecule has 16 heavy (non-hydrogen) atoms. The number of halogens is 2. The molecule has 0 amide bonds. The molecule has 0 aromatic heterocycles. The van der Waals surface area contributed by atoms with Crippen molar-refractivity contribution < 1.29 is 23.4 Å². The molecule has 6 heteroatoms. The number of hydrogen-bond acceptors (Lipinski definition) is 3. The van der Waals surface area contributed by atoms with E-state index in [-0.39, 0.29) is 17.9 Å². The largest absolute Gasteiger partial charge is 0.494 e. The minimum atomic E-state index is -1.31. The third-order valence-electron chi connectivity index (χ3n) is 2.16. The van der Waals surface area contributed by atoms with Crippen LogP contribution in [0, 0.1) is 11.6 Å². The van der Waals surface area contributed by atoms with Crippen LogP contribution in [-0.4, -0.2) is 24.7 Å². The van der Waals surface area contributed by atoms with Gasteiger partial charge in [0.1, 0.15) is 5.82 Å². The molecule has 0 aliphatic rings. The van der Waals surface area contributed by atoms with Crippen LogP contribution in [0.2, 0.25) is 0 Å². The minimum absolute atomic E-state index is 0.313. The fraction of sp³-hybridized carbons (Fsp3) is 0.300. The van der Waals surface area contributed by atoms with Crippen molar-refractivity contribution in [1.29, 1.82) is 0 Å². The summed E-state index contributed by atoms with van der Waals surface area (Å²) in [5.41, 5.74) is 4.89. The normalized spacial score (nSPS) is 12.2. The van der Waals surface area contributed by atoms with Crippen LogP contribution < -0.4 is 10.5 Å². The Morgan fingerprint density at radius 2 is 2.19 bits per heavy atom. The first-order valence-corrected chi connectivity index (χ1v) is 4.47. The van der Waals surface area contributed by atoms with Gasteiger partial charge in [0.25, 0.3) is 0 Å². The summed E-state index contributed by atoms with van der Waals surface area (Å²) in [6.07, 6.45) is 0. The van der Waals surface area contributed by atoms with Crippen LogP contribution in [0.5, 0.6) is 5.75 Å². The topological polar surface area (TPSA) is 72.5 Å². The van der Waals surface area contributed by atoms with E-state index in [1.54, 1.807) is 0 Å². The summed E-state index contributed by atoms with van der Waals surface area (Å²) >= 11 is 0. The predicted molar refractivity (Wildman–Crippen MR) is 52.3 cm³/mol. The summed E-state index contributed by atoms with van der Waals surface area (Å²) in [5, 5.41) is 8.80. The Balaban J connectivity index is 3.31. The summed E-state index contributed by atoms with van der Waals surface area (Å²) in [6, 6.07) is 1.65. The van der Waals surface area contributed by atoms with Gasteiger partial charge in [0.05, 0.1) is 13.0 Å². The second-order valence-electron chi connectivity index (χ2n) is 3.14. The molecule has 1 aromatic carbocycles. The molecule has 4 nitrogen and oxygen atoms in total. The van der Waals surface area contributed by atoms with Gasteiger partial charge in [0.2, 0.25) is 0 Å². The highest BCUT2D eigenvalue weighted by atomic mass is 19.1. The molecule has 0 saturated carbocycles. The molecule has 0 heterocycles. The minimum Gasteiger partial charge on any atom is -0.494 e. The summed E-state index contributed by atoms with van der Waals surface area (Å²) in [7, 11) is 1.17. The molecular formula is C10H11F2NO3. The fourth-order valence-corrected chi connectivity index (χ4v) is 1.35. The number of hydrogen-bond donors (Lipinski definition) is 2. The lowest BCUT2D eigenvalue weighted by Gasteiger charge is -2.13. The van der Waals surface area contributed by atoms with E-state index in [0.29, 0.717) is 0 Å². The molecule has 1 aromatic rings. The SMILES string of the molecule is COc1cc(F)cc(C(CN)C(=O)O)c1F. The van der Waals surface area contributed by atoms with Crippen molar-refractivity contribution in [2.45, 2.75) is 5.92 Å². The molecule has 1 unspecified atom stereocenters. The molecule has 0 aliphatic heterocycles. The van der Waals surface area contributed by atoms with Crippen LogP contribution in [0.4, 0.5) is 8.78 Å². The number of rotatable bonds is 4. The van der Waals surface area contributed by atoms with E-state index in [4.69, 9.17) is 10.8 Å². The van der Waals surface area contributed by atoms with Gasteiger partial charge in [-0.1, -0.05) is 0 Å². The molecule has 88 valence electrons. The van der Waals surface area contributed by atoms with Gasteiger partial charge in [-0.2, -0.15) is 0 Å². The Hall–Kier alpha value is -1.69. The van der Waals surface area contributed by atoms with Crippen LogP contribution in [0.25, 0.3) is 0 Å². The van der Waals surface area contributed by atoms with Crippen molar-refractivity contribution in [2.75, 3.05) is 13.7 Å². The number of nitrogens with two attached hydrogens (primary N) is 1. The zero-order valence-electron chi connectivity index (χ0n) is 8.54. The van der Waals surface area contributed by atoms with Crippen molar-refractivity contribution in [3.05, 3.63) is 29.3 Å². The molecule has 0 fully saturated rings. The number of ether oxygens (including phenoxy) is 1. The summed E-state index contributed by atoms with van der Waals surface area (Å²) < 4.78 is 31.3. The monoisotopic (exact) mass is 231 g/mol. The molecule has 0 saturated heterocycles. The predicted octanol–water partition coefficient (Wildman–Crippen LogP) is 1.10. The van der Waals surface area contributed by atoms with Crippen molar-refractivity contribution in [2.24, 2.45) is 5.73 Å². The third kappa shape index (κ3) is 2.27. The Bertz CT molecular complexity index is 409. The first-order chi connectivity index (χ1) is 7.51. The van der Waals surface area contributed by atoms with Gasteiger partial charge in [-0.25, -0.2) is 8.78 Å². The first-order valence-electron chi connectivity index (χ1n) is 4.47. The third-order valence-corrected chi connectivity index (χ3v) is 2.16. The second-order valence-corrected chi connectivity index (χ2v) is 3.14. The number of methoxy groups -OCH3 is 1. The number of aliphatic carboxylic acids is 1. The molecule has 0 spiro atoms. The number of carboxylic acids is 1. The Morgan fingerprint density at radius 1 is 1.56 bits per heavy atom. The number of benzene rings is 1. The van der Waals surface area contributed by atoms with Gasteiger partial charge in [-0.3, -0.25) is 4.79 Å². The van der Waals surface area contributed by atoms with E-state index in [0.717, 1.165) is 12.1 Å². The van der Waals surface area contributed by atoms with E-state index in [2.05, 4.69) is 4.74 Å². The van der Waals surface area contributed by atoms with Crippen LogP contribution in [0.3, 0.4) is 0 Å².